The molecule has 0 amide bonds. The molecule has 2 nitrogen and oxygen atoms in total. The zero-order valence-electron chi connectivity index (χ0n) is 10.6. The maximum Gasteiger partial charge on any atom is 0.113 e. The molecular formula is C15H17BrN2. The summed E-state index contributed by atoms with van der Waals surface area (Å²) in [6.07, 6.45) is 5.43. The Morgan fingerprint density at radius 2 is 2.22 bits per heavy atom. The molecule has 0 N–H and O–H groups in total. The van der Waals surface area contributed by atoms with Gasteiger partial charge in [-0.25, -0.2) is 4.98 Å². The van der Waals surface area contributed by atoms with Gasteiger partial charge in [0.2, 0.25) is 0 Å². The summed E-state index contributed by atoms with van der Waals surface area (Å²) in [5, 5.41) is 0. The Bertz CT molecular complexity index is 559. The van der Waals surface area contributed by atoms with Crippen molar-refractivity contribution >= 4 is 15.9 Å². The van der Waals surface area contributed by atoms with E-state index in [4.69, 9.17) is 0 Å². The van der Waals surface area contributed by atoms with Crippen molar-refractivity contribution in [2.24, 2.45) is 5.92 Å². The van der Waals surface area contributed by atoms with Crippen molar-refractivity contribution in [3.8, 4) is 0 Å². The van der Waals surface area contributed by atoms with Gasteiger partial charge in [0.05, 0.1) is 0 Å². The number of rotatable bonds is 2. The van der Waals surface area contributed by atoms with E-state index in [0.717, 1.165) is 18.9 Å². The summed E-state index contributed by atoms with van der Waals surface area (Å²) in [6, 6.07) is 8.40. The molecule has 3 rings (SSSR count). The van der Waals surface area contributed by atoms with Gasteiger partial charge in [-0.05, 0) is 30.4 Å². The van der Waals surface area contributed by atoms with Crippen LogP contribution in [0.4, 0.5) is 0 Å². The summed E-state index contributed by atoms with van der Waals surface area (Å²) in [6.45, 7) is 3.44. The Morgan fingerprint density at radius 1 is 1.39 bits per heavy atom. The Hall–Kier alpha value is -1.09. The van der Waals surface area contributed by atoms with Crippen molar-refractivity contribution in [2.45, 2.75) is 32.7 Å². The molecule has 2 heterocycles. The fourth-order valence-electron chi connectivity index (χ4n) is 2.63. The summed E-state index contributed by atoms with van der Waals surface area (Å²) in [4.78, 5) is 4.61. The van der Waals surface area contributed by atoms with Crippen LogP contribution in [0.15, 0.2) is 34.9 Å². The third-order valence-electron chi connectivity index (χ3n) is 3.71. The number of hydrogen-bond acceptors (Lipinski definition) is 1. The van der Waals surface area contributed by atoms with Gasteiger partial charge in [0.25, 0.3) is 0 Å². The number of benzene rings is 1. The second-order valence-corrected chi connectivity index (χ2v) is 6.04. The van der Waals surface area contributed by atoms with E-state index in [1.807, 2.05) is 0 Å². The minimum Gasteiger partial charge on any atom is -0.332 e. The molecule has 2 aromatic rings. The van der Waals surface area contributed by atoms with Gasteiger partial charge < -0.3 is 4.57 Å². The summed E-state index contributed by atoms with van der Waals surface area (Å²) in [5.41, 5.74) is 2.71. The molecule has 1 aromatic carbocycles. The normalized spacial score (nSPS) is 18.7. The van der Waals surface area contributed by atoms with Crippen molar-refractivity contribution in [3.63, 3.8) is 0 Å². The molecule has 0 fully saturated rings. The van der Waals surface area contributed by atoms with E-state index in [9.17, 15) is 0 Å². The summed E-state index contributed by atoms with van der Waals surface area (Å²) in [7, 11) is 0. The van der Waals surface area contributed by atoms with Crippen LogP contribution in [0.1, 0.15) is 30.4 Å². The standard InChI is InChI=1S/C15H17BrN2/c1-11-6-7-13-9-17-15(18(13)10-11)8-12-4-2-3-5-14(12)16/h2-5,9,11H,6-8,10H2,1H3. The highest BCUT2D eigenvalue weighted by Crippen LogP contribution is 2.24. The number of fused-ring (bicyclic) bond motifs is 1. The van der Waals surface area contributed by atoms with E-state index < -0.39 is 0 Å². The number of hydrogen-bond donors (Lipinski definition) is 0. The van der Waals surface area contributed by atoms with Crippen molar-refractivity contribution in [1.29, 1.82) is 0 Å². The fraction of sp³-hybridized carbons (Fsp3) is 0.400. The van der Waals surface area contributed by atoms with Crippen LogP contribution >= 0.6 is 15.9 Å². The zero-order valence-corrected chi connectivity index (χ0v) is 12.2. The van der Waals surface area contributed by atoms with Gasteiger partial charge >= 0.3 is 0 Å². The third kappa shape index (κ3) is 2.24. The summed E-state index contributed by atoms with van der Waals surface area (Å²) >= 11 is 3.61. The first-order valence-electron chi connectivity index (χ1n) is 6.50. The van der Waals surface area contributed by atoms with Crippen molar-refractivity contribution in [3.05, 3.63) is 52.0 Å². The molecular weight excluding hydrogens is 288 g/mol. The molecule has 0 saturated heterocycles. The van der Waals surface area contributed by atoms with Gasteiger partial charge in [0, 0.05) is 29.3 Å². The fourth-order valence-corrected chi connectivity index (χ4v) is 3.05. The minimum atomic E-state index is 0.768. The van der Waals surface area contributed by atoms with Crippen molar-refractivity contribution in [1.82, 2.24) is 9.55 Å². The first-order valence-corrected chi connectivity index (χ1v) is 7.30. The lowest BCUT2D eigenvalue weighted by molar-refractivity contribution is 0.392. The molecule has 18 heavy (non-hydrogen) atoms. The molecule has 1 aliphatic rings. The molecule has 0 bridgehead atoms. The van der Waals surface area contributed by atoms with Crippen LogP contribution in [0.3, 0.4) is 0 Å². The number of halogens is 1. The Morgan fingerprint density at radius 3 is 3.06 bits per heavy atom. The SMILES string of the molecule is CC1CCc2cnc(Cc3ccccc3Br)n2C1. The molecule has 0 radical (unpaired) electrons. The zero-order chi connectivity index (χ0) is 12.5. The van der Waals surface area contributed by atoms with E-state index in [1.54, 1.807) is 0 Å². The quantitative estimate of drug-likeness (QED) is 0.825. The summed E-state index contributed by atoms with van der Waals surface area (Å²) < 4.78 is 3.58. The maximum absolute atomic E-state index is 4.61. The first kappa shape index (κ1) is 12.0. The van der Waals surface area contributed by atoms with E-state index in [1.165, 1.54) is 34.4 Å². The largest absolute Gasteiger partial charge is 0.332 e. The number of imidazole rings is 1. The molecule has 1 unspecified atom stereocenters. The Balaban J connectivity index is 1.90. The van der Waals surface area contributed by atoms with Crippen LogP contribution in [-0.4, -0.2) is 9.55 Å². The van der Waals surface area contributed by atoms with Crippen LogP contribution in [0.5, 0.6) is 0 Å². The van der Waals surface area contributed by atoms with Crippen molar-refractivity contribution < 1.29 is 0 Å². The molecule has 0 aliphatic carbocycles. The first-order chi connectivity index (χ1) is 8.74. The van der Waals surface area contributed by atoms with Gasteiger partial charge in [0.1, 0.15) is 5.82 Å². The lowest BCUT2D eigenvalue weighted by Crippen LogP contribution is -2.19. The van der Waals surface area contributed by atoms with Crippen LogP contribution in [0.2, 0.25) is 0 Å². The molecule has 1 aliphatic heterocycles. The number of aromatic nitrogens is 2. The highest BCUT2D eigenvalue weighted by atomic mass is 79.9. The van der Waals surface area contributed by atoms with Gasteiger partial charge in [-0.2, -0.15) is 0 Å². The smallest absolute Gasteiger partial charge is 0.113 e. The van der Waals surface area contributed by atoms with E-state index in [2.05, 4.69) is 62.9 Å². The summed E-state index contributed by atoms with van der Waals surface area (Å²) in [5.74, 6) is 1.97. The topological polar surface area (TPSA) is 17.8 Å². The minimum absolute atomic E-state index is 0.768. The lowest BCUT2D eigenvalue weighted by Gasteiger charge is -2.22. The second-order valence-electron chi connectivity index (χ2n) is 5.19. The Labute approximate surface area is 116 Å². The van der Waals surface area contributed by atoms with Gasteiger partial charge in [-0.15, -0.1) is 0 Å². The number of aryl methyl sites for hydroxylation is 1. The monoisotopic (exact) mass is 304 g/mol. The predicted octanol–water partition coefficient (Wildman–Crippen LogP) is 3.82. The second kappa shape index (κ2) is 4.88. The Kier molecular flexibility index (Phi) is 3.25. The van der Waals surface area contributed by atoms with E-state index >= 15 is 0 Å². The molecule has 1 aromatic heterocycles. The van der Waals surface area contributed by atoms with Gasteiger partial charge in [0.15, 0.2) is 0 Å². The third-order valence-corrected chi connectivity index (χ3v) is 4.49. The highest BCUT2D eigenvalue weighted by molar-refractivity contribution is 9.10. The van der Waals surface area contributed by atoms with Crippen LogP contribution in [0, 0.1) is 5.92 Å². The molecule has 0 saturated carbocycles. The van der Waals surface area contributed by atoms with Gasteiger partial charge in [-0.3, -0.25) is 0 Å². The van der Waals surface area contributed by atoms with E-state index in [0.29, 0.717) is 0 Å². The van der Waals surface area contributed by atoms with Crippen LogP contribution in [-0.2, 0) is 19.4 Å². The predicted molar refractivity (Wildman–Crippen MR) is 76.7 cm³/mol. The van der Waals surface area contributed by atoms with Gasteiger partial charge in [-0.1, -0.05) is 41.1 Å². The average Bonchev–Trinajstić information content (AvgIpc) is 2.75. The van der Waals surface area contributed by atoms with Crippen LogP contribution < -0.4 is 0 Å². The average molecular weight is 305 g/mol. The molecule has 1 atom stereocenters. The molecule has 3 heteroatoms. The number of nitrogens with zero attached hydrogens (tertiary/aromatic N) is 2. The van der Waals surface area contributed by atoms with E-state index in [-0.39, 0.29) is 0 Å². The highest BCUT2D eigenvalue weighted by Gasteiger charge is 2.18. The lowest BCUT2D eigenvalue weighted by atomic mass is 10.00. The molecule has 0 spiro atoms. The van der Waals surface area contributed by atoms with Crippen LogP contribution in [0.25, 0.3) is 0 Å². The van der Waals surface area contributed by atoms with Crippen molar-refractivity contribution in [2.75, 3.05) is 0 Å². The maximum atomic E-state index is 4.61. The molecule has 94 valence electrons.